The van der Waals surface area contributed by atoms with Crippen molar-refractivity contribution in [2.75, 3.05) is 0 Å². The van der Waals surface area contributed by atoms with E-state index in [0.717, 1.165) is 44.9 Å². The summed E-state index contributed by atoms with van der Waals surface area (Å²) < 4.78 is 28.3. The van der Waals surface area contributed by atoms with E-state index in [9.17, 15) is 18.7 Å². The Morgan fingerprint density at radius 2 is 1.93 bits per heavy atom. The summed E-state index contributed by atoms with van der Waals surface area (Å²) in [5.74, 6) is 2.67. The van der Waals surface area contributed by atoms with Crippen molar-refractivity contribution in [1.82, 2.24) is 20.2 Å². The number of carbonyl (C=O) groups is 1. The zero-order valence-electron chi connectivity index (χ0n) is 17.6. The minimum Gasteiger partial charge on any atom is -0.384 e. The van der Waals surface area contributed by atoms with Crippen molar-refractivity contribution >= 4 is 5.78 Å². The van der Waals surface area contributed by atoms with Gasteiger partial charge in [-0.1, -0.05) is 6.92 Å². The lowest BCUT2D eigenvalue weighted by molar-refractivity contribution is -0.160. The Balaban J connectivity index is 1.30. The predicted octanol–water partition coefficient (Wildman–Crippen LogP) is 3.51. The number of ketones is 1. The molecule has 1 heterocycles. The van der Waals surface area contributed by atoms with Crippen molar-refractivity contribution < 1.29 is 18.7 Å². The van der Waals surface area contributed by atoms with Crippen LogP contribution in [0.4, 0.5) is 8.78 Å². The van der Waals surface area contributed by atoms with Crippen LogP contribution >= 0.6 is 0 Å². The van der Waals surface area contributed by atoms with E-state index in [1.807, 2.05) is 0 Å². The van der Waals surface area contributed by atoms with Crippen LogP contribution in [-0.4, -0.2) is 43.1 Å². The molecule has 0 bridgehead atoms. The van der Waals surface area contributed by atoms with Gasteiger partial charge >= 0.3 is 0 Å². The number of aliphatic hydroxyl groups is 1. The predicted molar refractivity (Wildman–Crippen MR) is 104 cm³/mol. The van der Waals surface area contributed by atoms with Gasteiger partial charge in [0, 0.05) is 5.92 Å². The highest BCUT2D eigenvalue weighted by Crippen LogP contribution is 2.64. The highest BCUT2D eigenvalue weighted by molar-refractivity contribution is 5.82. The Hall–Kier alpha value is -1.44. The van der Waals surface area contributed by atoms with E-state index in [1.54, 1.807) is 0 Å². The lowest BCUT2D eigenvalue weighted by Gasteiger charge is -2.57. The van der Waals surface area contributed by atoms with Crippen molar-refractivity contribution in [1.29, 1.82) is 0 Å². The van der Waals surface area contributed by atoms with Crippen molar-refractivity contribution in [2.24, 2.45) is 40.9 Å². The summed E-state index contributed by atoms with van der Waals surface area (Å²) in [7, 11) is 0. The third-order valence-corrected chi connectivity index (χ3v) is 9.55. The van der Waals surface area contributed by atoms with Gasteiger partial charge in [0.15, 0.2) is 5.78 Å². The number of fused-ring (bicyclic) bond motifs is 5. The zero-order chi connectivity index (χ0) is 21.1. The monoisotopic (exact) mass is 422 g/mol. The minimum atomic E-state index is -2.65. The number of alkyl halides is 2. The number of hydrogen-bond acceptors (Lipinski definition) is 5. The summed E-state index contributed by atoms with van der Waals surface area (Å²) in [6.07, 6.45) is 6.19. The van der Waals surface area contributed by atoms with Gasteiger partial charge in [0.1, 0.15) is 18.5 Å². The molecule has 0 aromatic carbocycles. The summed E-state index contributed by atoms with van der Waals surface area (Å²) in [5, 5.41) is 21.5. The van der Waals surface area contributed by atoms with E-state index in [0.29, 0.717) is 23.7 Å². The quantitative estimate of drug-likeness (QED) is 0.803. The Bertz CT molecular complexity index is 790. The minimum absolute atomic E-state index is 0.0253. The van der Waals surface area contributed by atoms with E-state index in [-0.39, 0.29) is 42.4 Å². The van der Waals surface area contributed by atoms with Gasteiger partial charge in [-0.25, -0.2) is 13.5 Å². The standard InChI is InChI=1S/C22H32F2N4O2/c1-21-8-6-15-14-7-9-22(30,20(23)24)10-13(14)2-3-16(15)17(21)4-5-18(21)19(29)11-28-12-25-26-27-28/h12-18,20,30H,2-11H2,1H3/t13-,14+,15-,16-,17+,18-,21+,22-/m1/s1. The van der Waals surface area contributed by atoms with Gasteiger partial charge in [-0.15, -0.1) is 5.10 Å². The Morgan fingerprint density at radius 3 is 2.67 bits per heavy atom. The van der Waals surface area contributed by atoms with Crippen LogP contribution in [0.2, 0.25) is 0 Å². The first kappa shape index (κ1) is 20.5. The van der Waals surface area contributed by atoms with Gasteiger partial charge in [0.25, 0.3) is 6.43 Å². The van der Waals surface area contributed by atoms with E-state index < -0.39 is 12.0 Å². The first-order valence-electron chi connectivity index (χ1n) is 11.6. The summed E-state index contributed by atoms with van der Waals surface area (Å²) in [5.41, 5.74) is -1.75. The maximum Gasteiger partial charge on any atom is 0.266 e. The molecular formula is C22H32F2N4O2. The molecule has 8 atom stereocenters. The molecule has 8 heteroatoms. The molecule has 0 radical (unpaired) electrons. The van der Waals surface area contributed by atoms with Crippen LogP contribution in [0.15, 0.2) is 6.33 Å². The molecule has 4 aliphatic carbocycles. The normalized spacial score (nSPS) is 45.6. The molecule has 4 saturated carbocycles. The molecule has 4 aliphatic rings. The second-order valence-electron chi connectivity index (χ2n) is 10.7. The van der Waals surface area contributed by atoms with Crippen LogP contribution in [0.25, 0.3) is 0 Å². The fraction of sp³-hybridized carbons (Fsp3) is 0.909. The van der Waals surface area contributed by atoms with Gasteiger partial charge in [0.05, 0.1) is 0 Å². The molecule has 1 aromatic heterocycles. The molecular weight excluding hydrogens is 390 g/mol. The molecule has 30 heavy (non-hydrogen) atoms. The second kappa shape index (κ2) is 7.31. The molecule has 1 N–H and O–H groups in total. The number of hydrogen-bond donors (Lipinski definition) is 1. The maximum atomic E-state index is 13.4. The third kappa shape index (κ3) is 3.12. The van der Waals surface area contributed by atoms with E-state index in [1.165, 1.54) is 11.0 Å². The van der Waals surface area contributed by atoms with E-state index in [4.69, 9.17) is 0 Å². The van der Waals surface area contributed by atoms with Gasteiger partial charge < -0.3 is 5.11 Å². The molecule has 0 saturated heterocycles. The van der Waals surface area contributed by atoms with E-state index in [2.05, 4.69) is 22.4 Å². The lowest BCUT2D eigenvalue weighted by Crippen LogP contribution is -2.53. The molecule has 5 rings (SSSR count). The molecule has 4 fully saturated rings. The van der Waals surface area contributed by atoms with Gasteiger partial charge in [-0.3, -0.25) is 4.79 Å². The SMILES string of the molecule is C[C@]12CC[C@H]3[C@@H](CC[C@@H]4C[C@@](O)(C(F)F)CC[C@@H]43)[C@@H]1CC[C@@H]2C(=O)Cn1cnnn1. The smallest absolute Gasteiger partial charge is 0.266 e. The number of halogens is 2. The fourth-order valence-electron chi connectivity index (χ4n) is 8.16. The molecule has 166 valence electrons. The first-order valence-corrected chi connectivity index (χ1v) is 11.6. The average Bonchev–Trinajstić information content (AvgIpc) is 3.34. The average molecular weight is 423 g/mol. The summed E-state index contributed by atoms with van der Waals surface area (Å²) in [4.78, 5) is 13.1. The van der Waals surface area contributed by atoms with Crippen LogP contribution in [0, 0.1) is 40.9 Å². The zero-order valence-corrected chi connectivity index (χ0v) is 17.6. The van der Waals surface area contributed by atoms with E-state index >= 15 is 0 Å². The molecule has 0 unspecified atom stereocenters. The molecule has 6 nitrogen and oxygen atoms in total. The third-order valence-electron chi connectivity index (χ3n) is 9.55. The lowest BCUT2D eigenvalue weighted by atomic mass is 9.49. The van der Waals surface area contributed by atoms with Crippen molar-refractivity contribution in [3.05, 3.63) is 6.33 Å². The van der Waals surface area contributed by atoms with Crippen molar-refractivity contribution in [2.45, 2.75) is 83.3 Å². The van der Waals surface area contributed by atoms with Gasteiger partial charge in [-0.05, 0) is 103 Å². The van der Waals surface area contributed by atoms with Crippen LogP contribution in [-0.2, 0) is 11.3 Å². The fourth-order valence-corrected chi connectivity index (χ4v) is 8.16. The number of carbonyl (C=O) groups excluding carboxylic acids is 1. The number of aromatic nitrogens is 4. The van der Waals surface area contributed by atoms with Crippen LogP contribution in [0.1, 0.15) is 64.7 Å². The molecule has 0 amide bonds. The highest BCUT2D eigenvalue weighted by Gasteiger charge is 2.59. The van der Waals surface area contributed by atoms with Gasteiger partial charge in [0.2, 0.25) is 0 Å². The van der Waals surface area contributed by atoms with Crippen LogP contribution < -0.4 is 0 Å². The molecule has 0 aliphatic heterocycles. The summed E-state index contributed by atoms with van der Waals surface area (Å²) in [6, 6.07) is 0. The largest absolute Gasteiger partial charge is 0.384 e. The first-order chi connectivity index (χ1) is 14.3. The molecule has 0 spiro atoms. The van der Waals surface area contributed by atoms with Gasteiger partial charge in [-0.2, -0.15) is 0 Å². The second-order valence-corrected chi connectivity index (χ2v) is 10.7. The van der Waals surface area contributed by atoms with Crippen LogP contribution in [0.3, 0.4) is 0 Å². The Morgan fingerprint density at radius 1 is 1.13 bits per heavy atom. The van der Waals surface area contributed by atoms with Crippen molar-refractivity contribution in [3.63, 3.8) is 0 Å². The molecule has 1 aromatic rings. The van der Waals surface area contributed by atoms with Crippen LogP contribution in [0.5, 0.6) is 0 Å². The highest BCUT2D eigenvalue weighted by atomic mass is 19.3. The number of rotatable bonds is 4. The summed E-state index contributed by atoms with van der Waals surface area (Å²) >= 11 is 0. The maximum absolute atomic E-state index is 13.4. The van der Waals surface area contributed by atoms with Crippen molar-refractivity contribution in [3.8, 4) is 0 Å². The topological polar surface area (TPSA) is 80.9 Å². The summed E-state index contributed by atoms with van der Waals surface area (Å²) in [6.45, 7) is 2.55. The number of Topliss-reactive ketones (excluding diaryl/α,β-unsaturated/α-hetero) is 1. The Kier molecular flexibility index (Phi) is 4.99. The number of nitrogens with zero attached hydrogens (tertiary/aromatic N) is 4. The number of tetrazole rings is 1. The Labute approximate surface area is 175 Å².